The minimum atomic E-state index is -0.177. The van der Waals surface area contributed by atoms with Gasteiger partial charge in [-0.3, -0.25) is 0 Å². The van der Waals surface area contributed by atoms with Crippen molar-refractivity contribution in [3.63, 3.8) is 0 Å². The molecule has 0 radical (unpaired) electrons. The van der Waals surface area contributed by atoms with E-state index in [0.29, 0.717) is 12.0 Å². The topological polar surface area (TPSA) is 6.48 Å². The molecule has 0 N–H and O–H groups in total. The van der Waals surface area contributed by atoms with Crippen LogP contribution in [-0.2, 0) is 6.42 Å². The highest BCUT2D eigenvalue weighted by Crippen LogP contribution is 2.47. The highest BCUT2D eigenvalue weighted by atomic mass is 35.5. The Bertz CT molecular complexity index is 731. The molecular weight excluding hydrogens is 323 g/mol. The molecule has 2 atom stereocenters. The number of halogens is 2. The van der Waals surface area contributed by atoms with Gasteiger partial charge in [-0.2, -0.15) is 0 Å². The summed E-state index contributed by atoms with van der Waals surface area (Å²) in [6.07, 6.45) is 2.07. The number of fused-ring (bicyclic) bond motifs is 3. The zero-order valence-electron chi connectivity index (χ0n) is 13.9. The van der Waals surface area contributed by atoms with Crippen molar-refractivity contribution in [3.8, 4) is 0 Å². The Hall–Kier alpha value is -1.58. The summed E-state index contributed by atoms with van der Waals surface area (Å²) in [7, 11) is 2.20. The molecule has 0 spiro atoms. The number of piperidine rings is 1. The molecule has 1 saturated heterocycles. The molecule has 2 aromatic carbocycles. The van der Waals surface area contributed by atoms with E-state index in [1.807, 2.05) is 18.2 Å². The normalized spacial score (nSPS) is 23.2. The summed E-state index contributed by atoms with van der Waals surface area (Å²) in [6, 6.07) is 13.7. The molecule has 2 nitrogen and oxygen atoms in total. The van der Waals surface area contributed by atoms with Crippen molar-refractivity contribution >= 4 is 17.3 Å². The van der Waals surface area contributed by atoms with Crippen molar-refractivity contribution in [2.24, 2.45) is 0 Å². The summed E-state index contributed by atoms with van der Waals surface area (Å²) in [5, 5.41) is 0.851. The van der Waals surface area contributed by atoms with E-state index in [-0.39, 0.29) is 5.82 Å². The standard InChI is InChI=1S/C20H22ClFN2/c1-23-11-10-19-17(13-23)16-3-2-4-18(21)20(16)24(19)12-9-14-5-7-15(22)8-6-14/h2-8,17,19H,9-13H2,1H3. The smallest absolute Gasteiger partial charge is 0.123 e. The number of benzene rings is 2. The van der Waals surface area contributed by atoms with E-state index >= 15 is 0 Å². The Balaban J connectivity index is 1.61. The van der Waals surface area contributed by atoms with E-state index < -0.39 is 0 Å². The highest BCUT2D eigenvalue weighted by molar-refractivity contribution is 6.33. The van der Waals surface area contributed by atoms with E-state index in [1.54, 1.807) is 12.1 Å². The van der Waals surface area contributed by atoms with Gasteiger partial charge in [0.25, 0.3) is 0 Å². The lowest BCUT2D eigenvalue weighted by atomic mass is 9.89. The van der Waals surface area contributed by atoms with Crippen LogP contribution in [0.5, 0.6) is 0 Å². The summed E-state index contributed by atoms with van der Waals surface area (Å²) in [5.74, 6) is 0.356. The number of likely N-dealkylation sites (tertiary alicyclic amines) is 1. The molecule has 0 aliphatic carbocycles. The number of likely N-dealkylation sites (N-methyl/N-ethyl adjacent to an activating group) is 1. The molecule has 0 saturated carbocycles. The molecule has 126 valence electrons. The molecule has 2 unspecified atom stereocenters. The molecule has 4 rings (SSSR count). The molecular formula is C20H22ClFN2. The van der Waals surface area contributed by atoms with Crippen molar-refractivity contribution in [2.45, 2.75) is 24.8 Å². The molecule has 2 aliphatic heterocycles. The van der Waals surface area contributed by atoms with Crippen molar-refractivity contribution in [3.05, 3.63) is 64.4 Å². The molecule has 0 amide bonds. The predicted octanol–water partition coefficient (Wildman–Crippen LogP) is 4.33. The fourth-order valence-corrected chi connectivity index (χ4v) is 4.55. The fraction of sp³-hybridized carbons (Fsp3) is 0.400. The minimum absolute atomic E-state index is 0.177. The second-order valence-corrected chi connectivity index (χ2v) is 7.38. The van der Waals surface area contributed by atoms with Crippen molar-refractivity contribution < 1.29 is 4.39 Å². The van der Waals surface area contributed by atoms with E-state index in [0.717, 1.165) is 37.5 Å². The molecule has 4 heteroatoms. The SMILES string of the molecule is CN1CCC2C(C1)c1cccc(Cl)c1N2CCc1ccc(F)cc1. The van der Waals surface area contributed by atoms with Gasteiger partial charge in [-0.15, -0.1) is 0 Å². The monoisotopic (exact) mass is 344 g/mol. The average molecular weight is 345 g/mol. The van der Waals surface area contributed by atoms with Gasteiger partial charge < -0.3 is 9.80 Å². The van der Waals surface area contributed by atoms with Gasteiger partial charge in [0.1, 0.15) is 5.82 Å². The van der Waals surface area contributed by atoms with Gasteiger partial charge in [0.2, 0.25) is 0 Å². The summed E-state index contributed by atoms with van der Waals surface area (Å²) in [4.78, 5) is 4.91. The van der Waals surface area contributed by atoms with Crippen molar-refractivity contribution in [1.82, 2.24) is 4.90 Å². The number of nitrogens with zero attached hydrogens (tertiary/aromatic N) is 2. The molecule has 1 fully saturated rings. The van der Waals surface area contributed by atoms with Gasteiger partial charge in [0, 0.05) is 25.0 Å². The summed E-state index contributed by atoms with van der Waals surface area (Å²) in [6.45, 7) is 3.14. The van der Waals surface area contributed by atoms with Gasteiger partial charge >= 0.3 is 0 Å². The zero-order valence-corrected chi connectivity index (χ0v) is 14.6. The number of hydrogen-bond donors (Lipinski definition) is 0. The first-order valence-electron chi connectivity index (χ1n) is 8.61. The average Bonchev–Trinajstić information content (AvgIpc) is 2.89. The quantitative estimate of drug-likeness (QED) is 0.817. The van der Waals surface area contributed by atoms with Crippen LogP contribution in [0.2, 0.25) is 5.02 Å². The van der Waals surface area contributed by atoms with E-state index in [2.05, 4.69) is 29.0 Å². The molecule has 2 aliphatic rings. The van der Waals surface area contributed by atoms with Crippen LogP contribution in [0.3, 0.4) is 0 Å². The molecule has 0 bridgehead atoms. The number of rotatable bonds is 3. The predicted molar refractivity (Wildman–Crippen MR) is 97.5 cm³/mol. The maximum absolute atomic E-state index is 13.1. The minimum Gasteiger partial charge on any atom is -0.366 e. The van der Waals surface area contributed by atoms with E-state index in [1.165, 1.54) is 16.8 Å². The summed E-state index contributed by atoms with van der Waals surface area (Å²) < 4.78 is 13.1. The largest absolute Gasteiger partial charge is 0.366 e. The maximum atomic E-state index is 13.1. The van der Waals surface area contributed by atoms with Gasteiger partial charge in [-0.25, -0.2) is 4.39 Å². The maximum Gasteiger partial charge on any atom is 0.123 e. The molecule has 0 aromatic heterocycles. The van der Waals surface area contributed by atoms with Crippen LogP contribution in [0.25, 0.3) is 0 Å². The van der Waals surface area contributed by atoms with Crippen LogP contribution < -0.4 is 4.90 Å². The molecule has 24 heavy (non-hydrogen) atoms. The summed E-state index contributed by atoms with van der Waals surface area (Å²) in [5.41, 5.74) is 3.77. The first-order chi connectivity index (χ1) is 11.6. The Morgan fingerprint density at radius 2 is 1.96 bits per heavy atom. The van der Waals surface area contributed by atoms with Crippen LogP contribution in [-0.4, -0.2) is 37.6 Å². The Morgan fingerprint density at radius 1 is 1.17 bits per heavy atom. The second-order valence-electron chi connectivity index (χ2n) is 6.97. The van der Waals surface area contributed by atoms with E-state index in [4.69, 9.17) is 11.6 Å². The van der Waals surface area contributed by atoms with Crippen LogP contribution in [0.1, 0.15) is 23.5 Å². The van der Waals surface area contributed by atoms with Gasteiger partial charge in [-0.1, -0.05) is 35.9 Å². The number of para-hydroxylation sites is 1. The molecule has 2 heterocycles. The Kier molecular flexibility index (Phi) is 4.23. The third-order valence-electron chi connectivity index (χ3n) is 5.44. The van der Waals surface area contributed by atoms with Crippen LogP contribution in [0.15, 0.2) is 42.5 Å². The van der Waals surface area contributed by atoms with Crippen LogP contribution in [0, 0.1) is 5.82 Å². The third-order valence-corrected chi connectivity index (χ3v) is 5.74. The lowest BCUT2D eigenvalue weighted by Crippen LogP contribution is -2.45. The highest BCUT2D eigenvalue weighted by Gasteiger charge is 2.41. The first-order valence-corrected chi connectivity index (χ1v) is 8.99. The van der Waals surface area contributed by atoms with Gasteiger partial charge in [0.05, 0.1) is 10.7 Å². The first kappa shape index (κ1) is 15.9. The molecule has 2 aromatic rings. The number of hydrogen-bond acceptors (Lipinski definition) is 2. The lowest BCUT2D eigenvalue weighted by Gasteiger charge is -2.37. The van der Waals surface area contributed by atoms with Crippen molar-refractivity contribution in [2.75, 3.05) is 31.6 Å². The van der Waals surface area contributed by atoms with Gasteiger partial charge in [0.15, 0.2) is 0 Å². The lowest BCUT2D eigenvalue weighted by molar-refractivity contribution is 0.231. The Morgan fingerprint density at radius 3 is 2.75 bits per heavy atom. The van der Waals surface area contributed by atoms with E-state index in [9.17, 15) is 4.39 Å². The number of anilines is 1. The Labute approximate surface area is 147 Å². The fourth-order valence-electron chi connectivity index (χ4n) is 4.26. The van der Waals surface area contributed by atoms with Crippen LogP contribution in [0.4, 0.5) is 10.1 Å². The second kappa shape index (κ2) is 6.38. The summed E-state index contributed by atoms with van der Waals surface area (Å²) >= 11 is 6.56. The van der Waals surface area contributed by atoms with Crippen molar-refractivity contribution in [1.29, 1.82) is 0 Å². The third kappa shape index (κ3) is 2.80. The van der Waals surface area contributed by atoms with Crippen LogP contribution >= 0.6 is 11.6 Å². The zero-order chi connectivity index (χ0) is 16.7. The van der Waals surface area contributed by atoms with Gasteiger partial charge in [-0.05, 0) is 55.8 Å².